The molecule has 0 aromatic heterocycles. The molecule has 0 radical (unpaired) electrons. The normalized spacial score (nSPS) is 14.9. The third kappa shape index (κ3) is 6.94. The Morgan fingerprint density at radius 2 is 1.88 bits per heavy atom. The van der Waals surface area contributed by atoms with Crippen LogP contribution in [0.5, 0.6) is 0 Å². The van der Waals surface area contributed by atoms with Crippen LogP contribution in [0.15, 0.2) is 0 Å². The van der Waals surface area contributed by atoms with Crippen molar-refractivity contribution in [3.63, 3.8) is 0 Å². The lowest BCUT2D eigenvalue weighted by atomic mass is 10.0. The summed E-state index contributed by atoms with van der Waals surface area (Å²) in [6.07, 6.45) is -0.613. The van der Waals surface area contributed by atoms with E-state index in [1.807, 2.05) is 6.92 Å². The number of ketones is 1. The number of alkyl carbamates (subject to hydrolysis) is 1. The molecule has 0 spiro atoms. The highest BCUT2D eigenvalue weighted by Gasteiger charge is 2.27. The highest BCUT2D eigenvalue weighted by Crippen LogP contribution is 2.08. The van der Waals surface area contributed by atoms with Crippen LogP contribution in [0.4, 0.5) is 4.79 Å². The van der Waals surface area contributed by atoms with Gasteiger partial charge in [0, 0.05) is 6.42 Å². The smallest absolute Gasteiger partial charge is 0.408 e. The van der Waals surface area contributed by atoms with E-state index in [-0.39, 0.29) is 5.78 Å². The Morgan fingerprint density at radius 1 is 1.35 bits per heavy atom. The minimum Gasteiger partial charge on any atom is -0.444 e. The summed E-state index contributed by atoms with van der Waals surface area (Å²) in [4.78, 5) is 23.1. The Labute approximate surface area is 103 Å². The quantitative estimate of drug-likeness (QED) is 0.772. The molecule has 0 aliphatic carbocycles. The first-order valence-corrected chi connectivity index (χ1v) is 5.87. The van der Waals surface area contributed by atoms with Crippen LogP contribution in [0.3, 0.4) is 0 Å². The van der Waals surface area contributed by atoms with Gasteiger partial charge in [-0.15, -0.1) is 0 Å². The number of hydrogen-bond donors (Lipinski definition) is 2. The maximum Gasteiger partial charge on any atom is 0.408 e. The van der Waals surface area contributed by atoms with Crippen LogP contribution in [0, 0.1) is 0 Å². The number of carbonyl (C=O) groups is 2. The molecule has 0 aromatic carbocycles. The molecule has 2 atom stereocenters. The number of aliphatic hydroxyl groups is 1. The Bertz CT molecular complexity index is 268. The maximum absolute atomic E-state index is 11.7. The fourth-order valence-corrected chi connectivity index (χ4v) is 1.31. The summed E-state index contributed by atoms with van der Waals surface area (Å²) in [6.45, 7) is 8.54. The van der Waals surface area contributed by atoms with Crippen LogP contribution in [-0.4, -0.2) is 34.7 Å². The Hall–Kier alpha value is -1.10. The molecule has 0 saturated carbocycles. The largest absolute Gasteiger partial charge is 0.444 e. The van der Waals surface area contributed by atoms with Gasteiger partial charge < -0.3 is 15.2 Å². The summed E-state index contributed by atoms with van der Waals surface area (Å²) in [7, 11) is 0. The van der Waals surface area contributed by atoms with Gasteiger partial charge in [0.2, 0.25) is 0 Å². The number of amides is 1. The third-order valence-corrected chi connectivity index (χ3v) is 2.00. The first-order valence-electron chi connectivity index (χ1n) is 5.87. The van der Waals surface area contributed by atoms with Gasteiger partial charge in [0.1, 0.15) is 11.6 Å². The lowest BCUT2D eigenvalue weighted by Gasteiger charge is -2.24. The maximum atomic E-state index is 11.7. The standard InChI is InChI=1S/C12H23NO4/c1-6-7-9(15)10(8(2)14)13-11(16)17-12(3,4)5/h8,10,14H,6-7H2,1-5H3,(H,13,16)/t8-,10+/m1/s1. The van der Waals surface area contributed by atoms with Crippen molar-refractivity contribution in [2.45, 2.75) is 65.2 Å². The zero-order valence-electron chi connectivity index (χ0n) is 11.2. The molecule has 5 nitrogen and oxygen atoms in total. The molecule has 1 amide bonds. The van der Waals surface area contributed by atoms with Crippen LogP contribution in [0.2, 0.25) is 0 Å². The summed E-state index contributed by atoms with van der Waals surface area (Å²) < 4.78 is 5.03. The van der Waals surface area contributed by atoms with E-state index < -0.39 is 23.8 Å². The van der Waals surface area contributed by atoms with Gasteiger partial charge in [-0.2, -0.15) is 0 Å². The van der Waals surface area contributed by atoms with Gasteiger partial charge in [0.15, 0.2) is 5.78 Å². The molecule has 100 valence electrons. The number of hydrogen-bond acceptors (Lipinski definition) is 4. The van der Waals surface area contributed by atoms with Crippen molar-refractivity contribution in [3.8, 4) is 0 Å². The molecule has 0 saturated heterocycles. The number of Topliss-reactive ketones (excluding diaryl/α,β-unsaturated/α-hetero) is 1. The van der Waals surface area contributed by atoms with Crippen molar-refractivity contribution in [1.82, 2.24) is 5.32 Å². The van der Waals surface area contributed by atoms with E-state index in [9.17, 15) is 14.7 Å². The molecule has 0 aliphatic rings. The van der Waals surface area contributed by atoms with Gasteiger partial charge in [-0.1, -0.05) is 6.92 Å². The molecule has 0 aliphatic heterocycles. The zero-order valence-corrected chi connectivity index (χ0v) is 11.2. The van der Waals surface area contributed by atoms with Crippen molar-refractivity contribution in [3.05, 3.63) is 0 Å². The SMILES string of the molecule is CCCC(=O)[C@@H](NC(=O)OC(C)(C)C)[C@@H](C)O. The van der Waals surface area contributed by atoms with Crippen LogP contribution >= 0.6 is 0 Å². The van der Waals surface area contributed by atoms with E-state index in [2.05, 4.69) is 5.32 Å². The van der Waals surface area contributed by atoms with E-state index in [1.165, 1.54) is 6.92 Å². The second kappa shape index (κ2) is 6.59. The van der Waals surface area contributed by atoms with E-state index in [4.69, 9.17) is 4.74 Å². The van der Waals surface area contributed by atoms with Crippen molar-refractivity contribution >= 4 is 11.9 Å². The van der Waals surface area contributed by atoms with Crippen molar-refractivity contribution in [2.75, 3.05) is 0 Å². The van der Waals surface area contributed by atoms with Gasteiger partial charge in [-0.05, 0) is 34.1 Å². The highest BCUT2D eigenvalue weighted by atomic mass is 16.6. The fraction of sp³-hybridized carbons (Fsp3) is 0.833. The minimum atomic E-state index is -0.929. The summed E-state index contributed by atoms with van der Waals surface area (Å²) in [5.74, 6) is -0.187. The second-order valence-corrected chi connectivity index (χ2v) is 5.08. The number of carbonyl (C=O) groups excluding carboxylic acids is 2. The molecule has 0 aromatic rings. The molecular weight excluding hydrogens is 222 g/mol. The summed E-state index contributed by atoms with van der Waals surface area (Å²) in [6, 6.07) is -0.898. The zero-order chi connectivity index (χ0) is 13.6. The monoisotopic (exact) mass is 245 g/mol. The average Bonchev–Trinajstić information content (AvgIpc) is 2.11. The molecule has 0 unspecified atom stereocenters. The number of nitrogens with one attached hydrogen (secondary N) is 1. The van der Waals surface area contributed by atoms with Gasteiger partial charge in [0.25, 0.3) is 0 Å². The predicted molar refractivity (Wildman–Crippen MR) is 64.8 cm³/mol. The van der Waals surface area contributed by atoms with Crippen molar-refractivity contribution in [2.24, 2.45) is 0 Å². The Morgan fingerprint density at radius 3 is 2.24 bits per heavy atom. The number of rotatable bonds is 5. The van der Waals surface area contributed by atoms with Gasteiger partial charge in [-0.25, -0.2) is 4.79 Å². The van der Waals surface area contributed by atoms with Crippen LogP contribution in [-0.2, 0) is 9.53 Å². The fourth-order valence-electron chi connectivity index (χ4n) is 1.31. The lowest BCUT2D eigenvalue weighted by molar-refractivity contribution is -0.123. The molecular formula is C12H23NO4. The number of ether oxygens (including phenoxy) is 1. The topological polar surface area (TPSA) is 75.6 Å². The first kappa shape index (κ1) is 15.9. The Balaban J connectivity index is 4.46. The molecule has 0 bridgehead atoms. The average molecular weight is 245 g/mol. The van der Waals surface area contributed by atoms with Crippen LogP contribution in [0.25, 0.3) is 0 Å². The van der Waals surface area contributed by atoms with Crippen LogP contribution < -0.4 is 5.32 Å². The van der Waals surface area contributed by atoms with Gasteiger partial charge >= 0.3 is 6.09 Å². The molecule has 0 rings (SSSR count). The third-order valence-electron chi connectivity index (χ3n) is 2.00. The highest BCUT2D eigenvalue weighted by molar-refractivity contribution is 5.87. The van der Waals surface area contributed by atoms with E-state index in [0.717, 1.165) is 0 Å². The summed E-state index contributed by atoms with van der Waals surface area (Å²) >= 11 is 0. The van der Waals surface area contributed by atoms with Crippen molar-refractivity contribution in [1.29, 1.82) is 0 Å². The van der Waals surface area contributed by atoms with Crippen molar-refractivity contribution < 1.29 is 19.4 Å². The van der Waals surface area contributed by atoms with Gasteiger partial charge in [-0.3, -0.25) is 4.79 Å². The summed E-state index contributed by atoms with van der Waals surface area (Å²) in [5.41, 5.74) is -0.624. The molecule has 17 heavy (non-hydrogen) atoms. The first-order chi connectivity index (χ1) is 7.67. The van der Waals surface area contributed by atoms with E-state index >= 15 is 0 Å². The predicted octanol–water partition coefficient (Wildman–Crippen LogP) is 1.63. The summed E-state index contributed by atoms with van der Waals surface area (Å²) in [5, 5.41) is 11.9. The minimum absolute atomic E-state index is 0.187. The number of aliphatic hydroxyl groups excluding tert-OH is 1. The molecule has 5 heteroatoms. The van der Waals surface area contributed by atoms with E-state index in [0.29, 0.717) is 12.8 Å². The second-order valence-electron chi connectivity index (χ2n) is 5.08. The molecule has 0 fully saturated rings. The lowest BCUT2D eigenvalue weighted by Crippen LogP contribution is -2.49. The molecule has 2 N–H and O–H groups in total. The van der Waals surface area contributed by atoms with Gasteiger partial charge in [0.05, 0.1) is 6.10 Å². The van der Waals surface area contributed by atoms with Crippen LogP contribution in [0.1, 0.15) is 47.5 Å². The molecule has 0 heterocycles. The van der Waals surface area contributed by atoms with E-state index in [1.54, 1.807) is 20.8 Å². The Kier molecular flexibility index (Phi) is 6.16.